The smallest absolute Gasteiger partial charge is 0.338 e. The molecule has 1 aliphatic heterocycles. The molecule has 1 heterocycles. The van der Waals surface area contributed by atoms with Crippen LogP contribution in [0.4, 0.5) is 11.4 Å². The van der Waals surface area contributed by atoms with Gasteiger partial charge in [-0.3, -0.25) is 14.9 Å². The van der Waals surface area contributed by atoms with Crippen molar-refractivity contribution in [2.75, 3.05) is 32.2 Å². The molecule has 0 saturated heterocycles. The van der Waals surface area contributed by atoms with Crippen molar-refractivity contribution < 1.29 is 33.5 Å². The van der Waals surface area contributed by atoms with Crippen LogP contribution >= 0.6 is 0 Å². The van der Waals surface area contributed by atoms with Crippen LogP contribution in [0.25, 0.3) is 0 Å². The van der Waals surface area contributed by atoms with Gasteiger partial charge in [0.2, 0.25) is 0 Å². The van der Waals surface area contributed by atoms with Crippen molar-refractivity contribution in [2.45, 2.75) is 6.42 Å². The van der Waals surface area contributed by atoms with Crippen molar-refractivity contribution in [3.63, 3.8) is 0 Å². The number of hydrogen-bond acceptors (Lipinski definition) is 8. The number of nitro benzene ring substituents is 1. The van der Waals surface area contributed by atoms with E-state index >= 15 is 0 Å². The summed E-state index contributed by atoms with van der Waals surface area (Å²) in [6, 6.07) is 8.57. The average molecular weight is 402 g/mol. The monoisotopic (exact) mass is 402 g/mol. The normalized spacial score (nSPS) is 12.4. The lowest BCUT2D eigenvalue weighted by Gasteiger charge is -2.11. The standard InChI is InChI=1S/C19H18N2O8/c1-26-15-5-3-12(9-14(15)21(24)25)19(23)29-11-18(22)20-13-4-6-16-17(10-13)28-8-2-7-27-16/h3-6,9-10H,2,7-8,11H2,1H3,(H,20,22). The second-order valence-electron chi connectivity index (χ2n) is 5.98. The molecule has 0 radical (unpaired) electrons. The topological polar surface area (TPSA) is 126 Å². The second-order valence-corrected chi connectivity index (χ2v) is 5.98. The van der Waals surface area contributed by atoms with E-state index in [2.05, 4.69) is 5.32 Å². The summed E-state index contributed by atoms with van der Waals surface area (Å²) >= 11 is 0. The van der Waals surface area contributed by atoms with Gasteiger partial charge in [0.15, 0.2) is 23.9 Å². The fourth-order valence-corrected chi connectivity index (χ4v) is 2.61. The van der Waals surface area contributed by atoms with Crippen LogP contribution in [0.1, 0.15) is 16.8 Å². The molecule has 10 heteroatoms. The van der Waals surface area contributed by atoms with Crippen LogP contribution in [0.2, 0.25) is 0 Å². The molecular formula is C19H18N2O8. The fourth-order valence-electron chi connectivity index (χ4n) is 2.61. The minimum Gasteiger partial charge on any atom is -0.490 e. The fraction of sp³-hybridized carbons (Fsp3) is 0.263. The molecule has 0 saturated carbocycles. The number of nitro groups is 1. The molecule has 0 atom stereocenters. The Morgan fingerprint density at radius 1 is 1.14 bits per heavy atom. The van der Waals surface area contributed by atoms with Gasteiger partial charge in [0.05, 0.1) is 30.8 Å². The number of rotatable bonds is 6. The number of anilines is 1. The van der Waals surface area contributed by atoms with E-state index in [1.165, 1.54) is 19.2 Å². The Bertz CT molecular complexity index is 944. The minimum atomic E-state index is -0.871. The Labute approximate surface area is 165 Å². The number of fused-ring (bicyclic) bond motifs is 1. The van der Waals surface area contributed by atoms with E-state index in [1.54, 1.807) is 18.2 Å². The van der Waals surface area contributed by atoms with Gasteiger partial charge >= 0.3 is 11.7 Å². The van der Waals surface area contributed by atoms with Crippen LogP contribution in [0, 0.1) is 10.1 Å². The molecule has 0 fully saturated rings. The number of benzene rings is 2. The van der Waals surface area contributed by atoms with Gasteiger partial charge in [-0.25, -0.2) is 4.79 Å². The number of esters is 1. The highest BCUT2D eigenvalue weighted by Crippen LogP contribution is 2.32. The van der Waals surface area contributed by atoms with Gasteiger partial charge < -0.3 is 24.3 Å². The number of ether oxygens (including phenoxy) is 4. The predicted octanol–water partition coefficient (Wildman–Crippen LogP) is 2.56. The van der Waals surface area contributed by atoms with Crippen LogP contribution in [-0.2, 0) is 9.53 Å². The molecule has 0 bridgehead atoms. The summed E-state index contributed by atoms with van der Waals surface area (Å²) in [5.74, 6) is -0.324. The number of nitrogens with zero attached hydrogens (tertiary/aromatic N) is 1. The molecule has 1 N–H and O–H groups in total. The maximum absolute atomic E-state index is 12.1. The third kappa shape index (κ3) is 4.92. The number of hydrogen-bond donors (Lipinski definition) is 1. The summed E-state index contributed by atoms with van der Waals surface area (Å²) < 4.78 is 20.9. The molecule has 152 valence electrons. The van der Waals surface area contributed by atoms with Gasteiger partial charge in [0, 0.05) is 24.2 Å². The number of methoxy groups -OCH3 is 1. The van der Waals surface area contributed by atoms with E-state index in [4.69, 9.17) is 18.9 Å². The zero-order chi connectivity index (χ0) is 20.8. The number of carbonyl (C=O) groups excluding carboxylic acids is 2. The first-order chi connectivity index (χ1) is 14.0. The van der Waals surface area contributed by atoms with Crippen molar-refractivity contribution in [3.05, 3.63) is 52.1 Å². The number of amides is 1. The maximum atomic E-state index is 12.1. The first-order valence-corrected chi connectivity index (χ1v) is 8.67. The molecule has 0 aromatic heterocycles. The third-order valence-corrected chi connectivity index (χ3v) is 3.98. The molecular weight excluding hydrogens is 384 g/mol. The maximum Gasteiger partial charge on any atom is 0.338 e. The molecule has 0 aliphatic carbocycles. The largest absolute Gasteiger partial charge is 0.490 e. The summed E-state index contributed by atoms with van der Waals surface area (Å²) in [5, 5.41) is 13.6. The molecule has 0 unspecified atom stereocenters. The second kappa shape index (κ2) is 8.91. The Balaban J connectivity index is 1.59. The van der Waals surface area contributed by atoms with E-state index in [1.807, 2.05) is 0 Å². The highest BCUT2D eigenvalue weighted by atomic mass is 16.6. The van der Waals surface area contributed by atoms with Crippen molar-refractivity contribution in [2.24, 2.45) is 0 Å². The van der Waals surface area contributed by atoms with E-state index in [9.17, 15) is 19.7 Å². The van der Waals surface area contributed by atoms with Crippen molar-refractivity contribution in [1.82, 2.24) is 0 Å². The van der Waals surface area contributed by atoms with Crippen LogP contribution < -0.4 is 19.5 Å². The minimum absolute atomic E-state index is 0.0127. The lowest BCUT2D eigenvalue weighted by atomic mass is 10.2. The average Bonchev–Trinajstić information content (AvgIpc) is 2.96. The van der Waals surface area contributed by atoms with Crippen LogP contribution in [0.5, 0.6) is 17.2 Å². The summed E-state index contributed by atoms with van der Waals surface area (Å²) in [7, 11) is 1.28. The Morgan fingerprint density at radius 2 is 1.90 bits per heavy atom. The van der Waals surface area contributed by atoms with Gasteiger partial charge in [0.25, 0.3) is 5.91 Å². The van der Waals surface area contributed by atoms with Gasteiger partial charge in [-0.05, 0) is 24.3 Å². The lowest BCUT2D eigenvalue weighted by Crippen LogP contribution is -2.21. The Kier molecular flexibility index (Phi) is 6.12. The molecule has 3 rings (SSSR count). The molecule has 0 spiro atoms. The highest BCUT2D eigenvalue weighted by Gasteiger charge is 2.20. The summed E-state index contributed by atoms with van der Waals surface area (Å²) in [6.45, 7) is 0.501. The van der Waals surface area contributed by atoms with E-state index in [0.717, 1.165) is 12.5 Å². The molecule has 1 amide bonds. The van der Waals surface area contributed by atoms with Gasteiger partial charge in [0.1, 0.15) is 0 Å². The Hall–Kier alpha value is -3.82. The molecule has 1 aliphatic rings. The molecule has 29 heavy (non-hydrogen) atoms. The number of carbonyl (C=O) groups is 2. The zero-order valence-corrected chi connectivity index (χ0v) is 15.5. The summed E-state index contributed by atoms with van der Waals surface area (Å²) in [6.07, 6.45) is 0.760. The SMILES string of the molecule is COc1ccc(C(=O)OCC(=O)Nc2ccc3c(c2)OCCCO3)cc1[N+](=O)[O-]. The molecule has 10 nitrogen and oxygen atoms in total. The van der Waals surface area contributed by atoms with E-state index < -0.39 is 23.4 Å². The molecule has 2 aromatic carbocycles. The molecule has 2 aromatic rings. The van der Waals surface area contributed by atoms with Crippen molar-refractivity contribution >= 4 is 23.3 Å². The summed E-state index contributed by atoms with van der Waals surface area (Å²) in [4.78, 5) is 34.5. The third-order valence-electron chi connectivity index (χ3n) is 3.98. The number of nitrogens with one attached hydrogen (secondary N) is 1. The van der Waals surface area contributed by atoms with E-state index in [-0.39, 0.29) is 17.0 Å². The highest BCUT2D eigenvalue weighted by molar-refractivity contribution is 5.96. The van der Waals surface area contributed by atoms with Crippen LogP contribution in [0.15, 0.2) is 36.4 Å². The van der Waals surface area contributed by atoms with Gasteiger partial charge in [-0.15, -0.1) is 0 Å². The zero-order valence-electron chi connectivity index (χ0n) is 15.5. The quantitative estimate of drug-likeness (QED) is 0.444. The van der Waals surface area contributed by atoms with E-state index in [0.29, 0.717) is 30.4 Å². The van der Waals surface area contributed by atoms with Crippen LogP contribution in [-0.4, -0.2) is 43.7 Å². The van der Waals surface area contributed by atoms with Gasteiger partial charge in [-0.1, -0.05) is 0 Å². The summed E-state index contributed by atoms with van der Waals surface area (Å²) in [5.41, 5.74) is 0.00913. The van der Waals surface area contributed by atoms with Gasteiger partial charge in [-0.2, -0.15) is 0 Å². The van der Waals surface area contributed by atoms with Crippen molar-refractivity contribution in [3.8, 4) is 17.2 Å². The predicted molar refractivity (Wildman–Crippen MR) is 101 cm³/mol. The van der Waals surface area contributed by atoms with Crippen molar-refractivity contribution in [1.29, 1.82) is 0 Å². The van der Waals surface area contributed by atoms with Crippen LogP contribution in [0.3, 0.4) is 0 Å². The Morgan fingerprint density at radius 3 is 2.62 bits per heavy atom. The first-order valence-electron chi connectivity index (χ1n) is 8.67. The first kappa shape index (κ1) is 19.9. The lowest BCUT2D eigenvalue weighted by molar-refractivity contribution is -0.385.